The summed E-state index contributed by atoms with van der Waals surface area (Å²) in [5.74, 6) is 1.76. The number of nitrogens with zero attached hydrogens (tertiary/aromatic N) is 1. The predicted octanol–water partition coefficient (Wildman–Crippen LogP) is 3.08. The van der Waals surface area contributed by atoms with Gasteiger partial charge in [-0.2, -0.15) is 0 Å². The van der Waals surface area contributed by atoms with Gasteiger partial charge in [-0.3, -0.25) is 0 Å². The Kier molecular flexibility index (Phi) is 4.95. The van der Waals surface area contributed by atoms with Gasteiger partial charge in [0.25, 0.3) is 0 Å². The summed E-state index contributed by atoms with van der Waals surface area (Å²) >= 11 is 0. The molecule has 0 saturated heterocycles. The van der Waals surface area contributed by atoms with Crippen molar-refractivity contribution in [1.29, 1.82) is 0 Å². The molecule has 0 aliphatic heterocycles. The Morgan fingerprint density at radius 1 is 1.47 bits per heavy atom. The van der Waals surface area contributed by atoms with Gasteiger partial charge in [-0.15, -0.1) is 0 Å². The highest BCUT2D eigenvalue weighted by molar-refractivity contribution is 5.40. The van der Waals surface area contributed by atoms with Crippen LogP contribution in [0.3, 0.4) is 0 Å². The molecular formula is C12H20N2O. The van der Waals surface area contributed by atoms with Gasteiger partial charge in [-0.1, -0.05) is 13.3 Å². The van der Waals surface area contributed by atoms with Gasteiger partial charge < -0.3 is 10.1 Å². The molecule has 1 unspecified atom stereocenters. The summed E-state index contributed by atoms with van der Waals surface area (Å²) in [7, 11) is 0. The molecule has 0 bridgehead atoms. The van der Waals surface area contributed by atoms with E-state index >= 15 is 0 Å². The van der Waals surface area contributed by atoms with Crippen LogP contribution in [0.1, 0.15) is 33.6 Å². The van der Waals surface area contributed by atoms with Crippen LogP contribution in [0.15, 0.2) is 18.3 Å². The van der Waals surface area contributed by atoms with Crippen LogP contribution in [0.5, 0.6) is 5.75 Å². The SMILES string of the molecule is CCCC(C)Oc1ccnc(NCC)c1. The second-order valence-corrected chi connectivity index (χ2v) is 3.62. The minimum atomic E-state index is 0.270. The van der Waals surface area contributed by atoms with Gasteiger partial charge in [0.2, 0.25) is 0 Å². The van der Waals surface area contributed by atoms with Crippen molar-refractivity contribution in [2.75, 3.05) is 11.9 Å². The topological polar surface area (TPSA) is 34.1 Å². The molecule has 0 fully saturated rings. The van der Waals surface area contributed by atoms with Gasteiger partial charge in [0.15, 0.2) is 0 Å². The first-order valence-electron chi connectivity index (χ1n) is 5.62. The van der Waals surface area contributed by atoms with Crippen LogP contribution in [0.4, 0.5) is 5.82 Å². The monoisotopic (exact) mass is 208 g/mol. The smallest absolute Gasteiger partial charge is 0.129 e. The van der Waals surface area contributed by atoms with E-state index in [9.17, 15) is 0 Å². The summed E-state index contributed by atoms with van der Waals surface area (Å²) in [4.78, 5) is 4.19. The van der Waals surface area contributed by atoms with Crippen molar-refractivity contribution in [3.05, 3.63) is 18.3 Å². The molecule has 1 aromatic heterocycles. The summed E-state index contributed by atoms with van der Waals surface area (Å²) in [6.45, 7) is 7.18. The summed E-state index contributed by atoms with van der Waals surface area (Å²) in [6, 6.07) is 3.84. The zero-order valence-corrected chi connectivity index (χ0v) is 9.79. The number of anilines is 1. The fourth-order valence-corrected chi connectivity index (χ4v) is 1.46. The maximum Gasteiger partial charge on any atom is 0.129 e. The standard InChI is InChI=1S/C12H20N2O/c1-4-6-10(3)15-11-7-8-14-12(9-11)13-5-2/h7-10H,4-6H2,1-3H3,(H,13,14). The molecule has 0 aliphatic rings. The molecule has 0 spiro atoms. The lowest BCUT2D eigenvalue weighted by atomic mass is 10.2. The molecule has 0 aliphatic carbocycles. The lowest BCUT2D eigenvalue weighted by molar-refractivity contribution is 0.210. The second-order valence-electron chi connectivity index (χ2n) is 3.62. The van der Waals surface area contributed by atoms with Gasteiger partial charge in [0.05, 0.1) is 6.10 Å². The van der Waals surface area contributed by atoms with Gasteiger partial charge in [0.1, 0.15) is 11.6 Å². The first-order valence-corrected chi connectivity index (χ1v) is 5.62. The highest BCUT2D eigenvalue weighted by Crippen LogP contribution is 2.17. The largest absolute Gasteiger partial charge is 0.491 e. The summed E-state index contributed by atoms with van der Waals surface area (Å²) in [6.07, 6.45) is 4.27. The van der Waals surface area contributed by atoms with Gasteiger partial charge >= 0.3 is 0 Å². The van der Waals surface area contributed by atoms with Crippen molar-refractivity contribution >= 4 is 5.82 Å². The van der Waals surface area contributed by atoms with Crippen LogP contribution >= 0.6 is 0 Å². The highest BCUT2D eigenvalue weighted by atomic mass is 16.5. The fraction of sp³-hybridized carbons (Fsp3) is 0.583. The number of rotatable bonds is 6. The third-order valence-corrected chi connectivity index (χ3v) is 2.12. The Morgan fingerprint density at radius 2 is 2.27 bits per heavy atom. The van der Waals surface area contributed by atoms with E-state index in [0.717, 1.165) is 31.0 Å². The molecule has 1 aromatic rings. The Balaban J connectivity index is 2.56. The number of hydrogen-bond acceptors (Lipinski definition) is 3. The molecule has 84 valence electrons. The van der Waals surface area contributed by atoms with Crippen LogP contribution in [0, 0.1) is 0 Å². The van der Waals surface area contributed by atoms with Crippen molar-refractivity contribution in [1.82, 2.24) is 4.98 Å². The Labute approximate surface area is 91.9 Å². The molecule has 1 N–H and O–H groups in total. The second kappa shape index (κ2) is 6.27. The van der Waals surface area contributed by atoms with E-state index in [4.69, 9.17) is 4.74 Å². The molecule has 3 heteroatoms. The minimum Gasteiger partial charge on any atom is -0.491 e. The van der Waals surface area contributed by atoms with E-state index in [0.29, 0.717) is 0 Å². The van der Waals surface area contributed by atoms with E-state index in [1.165, 1.54) is 0 Å². The average Bonchev–Trinajstić information content (AvgIpc) is 2.19. The molecule has 0 amide bonds. The lowest BCUT2D eigenvalue weighted by Gasteiger charge is -2.14. The predicted molar refractivity (Wildman–Crippen MR) is 63.4 cm³/mol. The molecule has 0 radical (unpaired) electrons. The quantitative estimate of drug-likeness (QED) is 0.780. The third kappa shape index (κ3) is 4.19. The van der Waals surface area contributed by atoms with Crippen molar-refractivity contribution < 1.29 is 4.74 Å². The number of pyridine rings is 1. The maximum absolute atomic E-state index is 5.76. The molecule has 1 rings (SSSR count). The average molecular weight is 208 g/mol. The first-order chi connectivity index (χ1) is 7.26. The lowest BCUT2D eigenvalue weighted by Crippen LogP contribution is -2.11. The van der Waals surface area contributed by atoms with E-state index in [1.54, 1.807) is 6.20 Å². The molecule has 15 heavy (non-hydrogen) atoms. The van der Waals surface area contributed by atoms with Crippen molar-refractivity contribution in [3.8, 4) is 5.75 Å². The highest BCUT2D eigenvalue weighted by Gasteiger charge is 2.03. The van der Waals surface area contributed by atoms with Crippen molar-refractivity contribution in [3.63, 3.8) is 0 Å². The molecule has 1 heterocycles. The third-order valence-electron chi connectivity index (χ3n) is 2.12. The molecule has 0 saturated carbocycles. The van der Waals surface area contributed by atoms with Crippen molar-refractivity contribution in [2.24, 2.45) is 0 Å². The Hall–Kier alpha value is -1.25. The minimum absolute atomic E-state index is 0.270. The zero-order chi connectivity index (χ0) is 11.1. The molecule has 0 aromatic carbocycles. The van der Waals surface area contributed by atoms with Crippen LogP contribution in [0.2, 0.25) is 0 Å². The fourth-order valence-electron chi connectivity index (χ4n) is 1.46. The summed E-state index contributed by atoms with van der Waals surface area (Å²) in [5, 5.41) is 3.16. The van der Waals surface area contributed by atoms with E-state index in [-0.39, 0.29) is 6.10 Å². The summed E-state index contributed by atoms with van der Waals surface area (Å²) < 4.78 is 5.76. The van der Waals surface area contributed by atoms with E-state index in [1.807, 2.05) is 12.1 Å². The van der Waals surface area contributed by atoms with Crippen LogP contribution in [-0.4, -0.2) is 17.6 Å². The number of ether oxygens (including phenoxy) is 1. The number of nitrogens with one attached hydrogen (secondary N) is 1. The van der Waals surface area contributed by atoms with E-state index in [2.05, 4.69) is 31.1 Å². The first kappa shape index (κ1) is 11.8. The number of hydrogen-bond donors (Lipinski definition) is 1. The number of aromatic nitrogens is 1. The molecule has 3 nitrogen and oxygen atoms in total. The molecular weight excluding hydrogens is 188 g/mol. The van der Waals surface area contributed by atoms with Gasteiger partial charge in [0, 0.05) is 18.8 Å². The Morgan fingerprint density at radius 3 is 2.93 bits per heavy atom. The van der Waals surface area contributed by atoms with Crippen LogP contribution in [0.25, 0.3) is 0 Å². The van der Waals surface area contributed by atoms with Gasteiger partial charge in [-0.25, -0.2) is 4.98 Å². The normalized spacial score (nSPS) is 12.2. The van der Waals surface area contributed by atoms with Crippen molar-refractivity contribution in [2.45, 2.75) is 39.7 Å². The summed E-state index contributed by atoms with van der Waals surface area (Å²) in [5.41, 5.74) is 0. The Bertz CT molecular complexity index is 289. The zero-order valence-electron chi connectivity index (χ0n) is 9.79. The maximum atomic E-state index is 5.76. The van der Waals surface area contributed by atoms with Crippen LogP contribution < -0.4 is 10.1 Å². The molecule has 1 atom stereocenters. The van der Waals surface area contributed by atoms with Crippen LogP contribution in [-0.2, 0) is 0 Å². The van der Waals surface area contributed by atoms with Gasteiger partial charge in [-0.05, 0) is 26.3 Å². The van der Waals surface area contributed by atoms with E-state index < -0.39 is 0 Å².